The van der Waals surface area contributed by atoms with Crippen LogP contribution in [0.5, 0.6) is 0 Å². The van der Waals surface area contributed by atoms with Crippen LogP contribution in [-0.4, -0.2) is 38.5 Å². The number of benzene rings is 1. The predicted molar refractivity (Wildman–Crippen MR) is 81.0 cm³/mol. The van der Waals surface area contributed by atoms with E-state index in [-0.39, 0.29) is 6.54 Å². The van der Waals surface area contributed by atoms with Crippen molar-refractivity contribution < 1.29 is 14.7 Å². The van der Waals surface area contributed by atoms with Crippen molar-refractivity contribution in [3.8, 4) is 0 Å². The van der Waals surface area contributed by atoms with Gasteiger partial charge in [0.1, 0.15) is 11.7 Å². The molecule has 1 aromatic carbocycles. The lowest BCUT2D eigenvalue weighted by Crippen LogP contribution is -2.35. The summed E-state index contributed by atoms with van der Waals surface area (Å²) in [6.45, 7) is 2.32. The molecule has 0 bridgehead atoms. The molecule has 116 valence electrons. The molecule has 1 N–H and O–H groups in total. The van der Waals surface area contributed by atoms with Gasteiger partial charge in [-0.25, -0.2) is 4.98 Å². The van der Waals surface area contributed by atoms with Gasteiger partial charge in [0.25, 0.3) is 0 Å². The number of imidazole rings is 1. The van der Waals surface area contributed by atoms with Gasteiger partial charge in [0.05, 0.1) is 6.54 Å². The summed E-state index contributed by atoms with van der Waals surface area (Å²) in [6, 6.07) is 9.93. The number of carbonyl (C=O) groups excluding carboxylic acids is 1. The maximum Gasteiger partial charge on any atom is 0.315 e. The van der Waals surface area contributed by atoms with Crippen LogP contribution in [0.3, 0.4) is 0 Å². The van der Waals surface area contributed by atoms with Gasteiger partial charge >= 0.3 is 5.97 Å². The molecular weight excluding hydrogens is 282 g/mol. The largest absolute Gasteiger partial charge is 0.481 e. The van der Waals surface area contributed by atoms with Crippen molar-refractivity contribution in [1.29, 1.82) is 0 Å². The highest BCUT2D eigenvalue weighted by Gasteiger charge is 2.24. The Hall–Kier alpha value is -2.63. The monoisotopic (exact) mass is 301 g/mol. The van der Waals surface area contributed by atoms with Crippen LogP contribution in [0, 0.1) is 5.92 Å². The number of carboxylic acid groups (broad SMARTS) is 1. The summed E-state index contributed by atoms with van der Waals surface area (Å²) in [7, 11) is 1.59. The molecule has 1 atom stereocenters. The Morgan fingerprint density at radius 2 is 2.00 bits per heavy atom. The zero-order valence-corrected chi connectivity index (χ0v) is 12.6. The summed E-state index contributed by atoms with van der Waals surface area (Å²) < 4.78 is 1.95. The van der Waals surface area contributed by atoms with Crippen molar-refractivity contribution in [1.82, 2.24) is 14.5 Å². The van der Waals surface area contributed by atoms with Crippen molar-refractivity contribution in [2.75, 3.05) is 7.05 Å². The zero-order chi connectivity index (χ0) is 16.1. The molecule has 6 nitrogen and oxygen atoms in total. The van der Waals surface area contributed by atoms with Gasteiger partial charge < -0.3 is 14.6 Å². The molecule has 0 saturated heterocycles. The second kappa shape index (κ2) is 6.89. The molecule has 2 aromatic rings. The fourth-order valence-corrected chi connectivity index (χ4v) is 2.14. The minimum absolute atomic E-state index is 0.274. The van der Waals surface area contributed by atoms with Crippen molar-refractivity contribution in [2.24, 2.45) is 5.92 Å². The van der Waals surface area contributed by atoms with Crippen molar-refractivity contribution in [3.05, 3.63) is 54.1 Å². The fraction of sp³-hybridized carbons (Fsp3) is 0.312. The highest BCUT2D eigenvalue weighted by Crippen LogP contribution is 2.09. The summed E-state index contributed by atoms with van der Waals surface area (Å²) in [5.74, 6) is -1.88. The molecule has 1 heterocycles. The average Bonchev–Trinajstić information content (AvgIpc) is 2.93. The van der Waals surface area contributed by atoms with E-state index >= 15 is 0 Å². The molecule has 0 radical (unpaired) electrons. The Balaban J connectivity index is 2.06. The molecule has 0 aliphatic carbocycles. The van der Waals surface area contributed by atoms with Gasteiger partial charge in [-0.2, -0.15) is 0 Å². The van der Waals surface area contributed by atoms with Crippen LogP contribution in [-0.2, 0) is 22.7 Å². The van der Waals surface area contributed by atoms with E-state index in [2.05, 4.69) is 4.98 Å². The zero-order valence-electron chi connectivity index (χ0n) is 12.6. The molecule has 2 rings (SSSR count). The third kappa shape index (κ3) is 3.72. The van der Waals surface area contributed by atoms with Gasteiger partial charge in [-0.3, -0.25) is 9.59 Å². The van der Waals surface area contributed by atoms with Gasteiger partial charge in [-0.15, -0.1) is 0 Å². The maximum atomic E-state index is 12.0. The lowest BCUT2D eigenvalue weighted by Gasteiger charge is -2.19. The Labute approximate surface area is 129 Å². The molecule has 6 heteroatoms. The Morgan fingerprint density at radius 3 is 2.64 bits per heavy atom. The number of amides is 1. The number of carboxylic acids is 1. The minimum Gasteiger partial charge on any atom is -0.481 e. The van der Waals surface area contributed by atoms with E-state index in [4.69, 9.17) is 5.11 Å². The quantitative estimate of drug-likeness (QED) is 0.823. The van der Waals surface area contributed by atoms with Crippen LogP contribution in [0.25, 0.3) is 0 Å². The summed E-state index contributed by atoms with van der Waals surface area (Å²) in [6.07, 6.45) is 3.53. The predicted octanol–water partition coefficient (Wildman–Crippen LogP) is 1.61. The smallest absolute Gasteiger partial charge is 0.315 e. The van der Waals surface area contributed by atoms with Crippen LogP contribution in [0.1, 0.15) is 18.3 Å². The molecule has 0 fully saturated rings. The Bertz CT molecular complexity index is 652. The third-order valence-corrected chi connectivity index (χ3v) is 3.49. The molecule has 0 spiro atoms. The van der Waals surface area contributed by atoms with E-state index < -0.39 is 17.8 Å². The second-order valence-corrected chi connectivity index (χ2v) is 5.21. The SMILES string of the molecule is CC(C(=O)O)C(=O)N(C)Cc1nccn1Cc1ccccc1. The molecule has 1 aromatic heterocycles. The lowest BCUT2D eigenvalue weighted by molar-refractivity contribution is -0.150. The van der Waals surface area contributed by atoms with E-state index in [1.54, 1.807) is 13.2 Å². The number of aliphatic carboxylic acids is 1. The first kappa shape index (κ1) is 15.8. The number of hydrogen-bond donors (Lipinski definition) is 1. The standard InChI is InChI=1S/C16H19N3O3/c1-12(16(21)22)15(20)18(2)11-14-17-8-9-19(14)10-13-6-4-3-5-7-13/h3-9,12H,10-11H2,1-2H3,(H,21,22). The van der Waals surface area contributed by atoms with Gasteiger partial charge in [0.2, 0.25) is 5.91 Å². The third-order valence-electron chi connectivity index (χ3n) is 3.49. The fourth-order valence-electron chi connectivity index (χ4n) is 2.14. The first-order chi connectivity index (χ1) is 10.5. The minimum atomic E-state index is -1.12. The van der Waals surface area contributed by atoms with Gasteiger partial charge in [0, 0.05) is 26.0 Å². The molecule has 1 amide bonds. The van der Waals surface area contributed by atoms with Crippen LogP contribution in [0.15, 0.2) is 42.7 Å². The number of rotatable bonds is 6. The van der Waals surface area contributed by atoms with Crippen molar-refractivity contribution >= 4 is 11.9 Å². The molecule has 0 aliphatic heterocycles. The Kier molecular flexibility index (Phi) is 4.93. The molecule has 0 saturated carbocycles. The highest BCUT2D eigenvalue weighted by molar-refractivity contribution is 5.96. The first-order valence-corrected chi connectivity index (χ1v) is 7.00. The van der Waals surface area contributed by atoms with Crippen LogP contribution in [0.2, 0.25) is 0 Å². The van der Waals surface area contributed by atoms with Crippen LogP contribution in [0.4, 0.5) is 0 Å². The lowest BCUT2D eigenvalue weighted by atomic mass is 10.1. The highest BCUT2D eigenvalue weighted by atomic mass is 16.4. The summed E-state index contributed by atoms with van der Waals surface area (Å²) in [5, 5.41) is 8.91. The van der Waals surface area contributed by atoms with Crippen molar-refractivity contribution in [3.63, 3.8) is 0 Å². The van der Waals surface area contributed by atoms with E-state index in [9.17, 15) is 9.59 Å². The van der Waals surface area contributed by atoms with E-state index in [0.29, 0.717) is 6.54 Å². The normalized spacial score (nSPS) is 11.9. The summed E-state index contributed by atoms with van der Waals surface area (Å²) in [4.78, 5) is 28.5. The molecule has 0 aliphatic rings. The Morgan fingerprint density at radius 1 is 1.32 bits per heavy atom. The molecule has 22 heavy (non-hydrogen) atoms. The van der Waals surface area contributed by atoms with E-state index in [0.717, 1.165) is 11.4 Å². The van der Waals surface area contributed by atoms with Crippen LogP contribution >= 0.6 is 0 Å². The number of aromatic nitrogens is 2. The van der Waals surface area contributed by atoms with Gasteiger partial charge in [-0.1, -0.05) is 30.3 Å². The van der Waals surface area contributed by atoms with Gasteiger partial charge in [0.15, 0.2) is 0 Å². The molecule has 1 unspecified atom stereocenters. The summed E-state index contributed by atoms with van der Waals surface area (Å²) >= 11 is 0. The first-order valence-electron chi connectivity index (χ1n) is 7.00. The van der Waals surface area contributed by atoms with Gasteiger partial charge in [-0.05, 0) is 12.5 Å². The topological polar surface area (TPSA) is 75.4 Å². The van der Waals surface area contributed by atoms with E-state index in [1.165, 1.54) is 11.8 Å². The van der Waals surface area contributed by atoms with Crippen molar-refractivity contribution in [2.45, 2.75) is 20.0 Å². The average molecular weight is 301 g/mol. The van der Waals surface area contributed by atoms with Crippen LogP contribution < -0.4 is 0 Å². The number of nitrogens with zero attached hydrogens (tertiary/aromatic N) is 3. The second-order valence-electron chi connectivity index (χ2n) is 5.21. The van der Waals surface area contributed by atoms with E-state index in [1.807, 2.05) is 41.1 Å². The maximum absolute atomic E-state index is 12.0. The number of carbonyl (C=O) groups is 2. The summed E-state index contributed by atoms with van der Waals surface area (Å²) in [5.41, 5.74) is 1.13. The number of hydrogen-bond acceptors (Lipinski definition) is 3. The molecular formula is C16H19N3O3.